The number of nitrogens with one attached hydrogen (secondary N) is 1. The first-order chi connectivity index (χ1) is 12.4. The highest BCUT2D eigenvalue weighted by Crippen LogP contribution is 2.28. The molecular formula is C17H17N3O5S. The topological polar surface area (TPSA) is 110 Å². The van der Waals surface area contributed by atoms with Gasteiger partial charge < -0.3 is 4.90 Å². The van der Waals surface area contributed by atoms with Crippen molar-refractivity contribution in [3.05, 3.63) is 58.6 Å². The number of hydrogen-bond acceptors (Lipinski definition) is 5. The van der Waals surface area contributed by atoms with E-state index in [1.54, 1.807) is 23.1 Å². The molecule has 136 valence electrons. The zero-order chi connectivity index (χ0) is 18.7. The molecule has 1 N–H and O–H groups in total. The van der Waals surface area contributed by atoms with Crippen LogP contribution in [0.3, 0.4) is 0 Å². The summed E-state index contributed by atoms with van der Waals surface area (Å²) in [4.78, 5) is 23.6. The lowest BCUT2D eigenvalue weighted by atomic mass is 10.1. The molecule has 1 aliphatic heterocycles. The highest BCUT2D eigenvalue weighted by Gasteiger charge is 2.26. The van der Waals surface area contributed by atoms with Gasteiger partial charge in [0.2, 0.25) is 5.91 Å². The van der Waals surface area contributed by atoms with Gasteiger partial charge in [0.15, 0.2) is 4.90 Å². The summed E-state index contributed by atoms with van der Waals surface area (Å²) in [5.74, 6) is -0.00467. The maximum absolute atomic E-state index is 12.6. The second-order valence-corrected chi connectivity index (χ2v) is 7.53. The van der Waals surface area contributed by atoms with Crippen molar-refractivity contribution in [1.29, 1.82) is 0 Å². The maximum Gasteiger partial charge on any atom is 0.289 e. The molecule has 0 bridgehead atoms. The number of anilines is 2. The Balaban J connectivity index is 1.90. The Morgan fingerprint density at radius 3 is 2.58 bits per heavy atom. The first-order valence-corrected chi connectivity index (χ1v) is 9.53. The van der Waals surface area contributed by atoms with Crippen LogP contribution in [0, 0.1) is 10.1 Å². The van der Waals surface area contributed by atoms with Gasteiger partial charge in [-0.1, -0.05) is 18.2 Å². The molecule has 0 aliphatic carbocycles. The van der Waals surface area contributed by atoms with Crippen LogP contribution in [0.4, 0.5) is 17.1 Å². The number of hydrogen-bond donors (Lipinski definition) is 1. The van der Waals surface area contributed by atoms with Crippen LogP contribution in [0.2, 0.25) is 0 Å². The highest BCUT2D eigenvalue weighted by atomic mass is 32.2. The summed E-state index contributed by atoms with van der Waals surface area (Å²) in [5, 5.41) is 11.1. The van der Waals surface area contributed by atoms with Crippen molar-refractivity contribution in [2.24, 2.45) is 0 Å². The van der Waals surface area contributed by atoms with E-state index in [1.165, 1.54) is 24.3 Å². The Hall–Kier alpha value is -2.94. The molecule has 0 radical (unpaired) electrons. The summed E-state index contributed by atoms with van der Waals surface area (Å²) < 4.78 is 27.5. The van der Waals surface area contributed by atoms with E-state index in [2.05, 4.69) is 4.72 Å². The SMILES string of the molecule is O=C1CCCCN1c1cccc(NS(=O)(=O)c2ccccc2[N+](=O)[O-])c1. The van der Waals surface area contributed by atoms with Crippen LogP contribution in [-0.4, -0.2) is 25.8 Å². The van der Waals surface area contributed by atoms with Crippen molar-refractivity contribution in [2.45, 2.75) is 24.2 Å². The minimum absolute atomic E-state index is 0.00467. The van der Waals surface area contributed by atoms with E-state index >= 15 is 0 Å². The fourth-order valence-corrected chi connectivity index (χ4v) is 4.08. The van der Waals surface area contributed by atoms with Crippen molar-refractivity contribution in [3.8, 4) is 0 Å². The Labute approximate surface area is 150 Å². The van der Waals surface area contributed by atoms with Crippen molar-refractivity contribution >= 4 is 33.0 Å². The Morgan fingerprint density at radius 1 is 1.08 bits per heavy atom. The zero-order valence-corrected chi connectivity index (χ0v) is 14.6. The van der Waals surface area contributed by atoms with Crippen molar-refractivity contribution in [2.75, 3.05) is 16.2 Å². The molecule has 8 nitrogen and oxygen atoms in total. The molecule has 3 rings (SSSR count). The van der Waals surface area contributed by atoms with Gasteiger partial charge in [-0.15, -0.1) is 0 Å². The normalized spacial score (nSPS) is 14.9. The van der Waals surface area contributed by atoms with E-state index in [0.717, 1.165) is 18.9 Å². The zero-order valence-electron chi connectivity index (χ0n) is 13.8. The van der Waals surface area contributed by atoms with Crippen LogP contribution in [0.1, 0.15) is 19.3 Å². The monoisotopic (exact) mass is 375 g/mol. The van der Waals surface area contributed by atoms with Crippen LogP contribution < -0.4 is 9.62 Å². The number of piperidine rings is 1. The predicted molar refractivity (Wildman–Crippen MR) is 96.6 cm³/mol. The lowest BCUT2D eigenvalue weighted by Gasteiger charge is -2.27. The fraction of sp³-hybridized carbons (Fsp3) is 0.235. The van der Waals surface area contributed by atoms with Crippen molar-refractivity contribution in [3.63, 3.8) is 0 Å². The number of para-hydroxylation sites is 1. The van der Waals surface area contributed by atoms with Gasteiger partial charge in [-0.25, -0.2) is 8.42 Å². The second-order valence-electron chi connectivity index (χ2n) is 5.88. The van der Waals surface area contributed by atoms with Crippen LogP contribution in [0.15, 0.2) is 53.4 Å². The van der Waals surface area contributed by atoms with E-state index in [4.69, 9.17) is 0 Å². The van der Waals surface area contributed by atoms with E-state index in [-0.39, 0.29) is 11.6 Å². The first kappa shape index (κ1) is 17.9. The fourth-order valence-electron chi connectivity index (χ4n) is 2.86. The Bertz CT molecular complexity index is 958. The van der Waals surface area contributed by atoms with Crippen LogP contribution in [0.5, 0.6) is 0 Å². The van der Waals surface area contributed by atoms with Gasteiger partial charge >= 0.3 is 0 Å². The number of carbonyl (C=O) groups is 1. The van der Waals surface area contributed by atoms with E-state index < -0.39 is 25.5 Å². The highest BCUT2D eigenvalue weighted by molar-refractivity contribution is 7.92. The molecule has 9 heteroatoms. The van der Waals surface area contributed by atoms with Gasteiger partial charge in [0.05, 0.1) is 10.6 Å². The van der Waals surface area contributed by atoms with Crippen molar-refractivity contribution in [1.82, 2.24) is 0 Å². The van der Waals surface area contributed by atoms with E-state index in [0.29, 0.717) is 18.7 Å². The third kappa shape index (κ3) is 3.67. The molecule has 0 spiro atoms. The van der Waals surface area contributed by atoms with Gasteiger partial charge in [-0.05, 0) is 37.1 Å². The molecule has 0 unspecified atom stereocenters. The number of nitro groups is 1. The number of rotatable bonds is 5. The lowest BCUT2D eigenvalue weighted by molar-refractivity contribution is -0.387. The minimum atomic E-state index is -4.15. The summed E-state index contributed by atoms with van der Waals surface area (Å²) in [7, 11) is -4.15. The molecule has 0 aromatic heterocycles. The lowest BCUT2D eigenvalue weighted by Crippen LogP contribution is -2.35. The van der Waals surface area contributed by atoms with E-state index in [9.17, 15) is 23.3 Å². The number of benzene rings is 2. The molecule has 0 atom stereocenters. The molecule has 1 heterocycles. The molecule has 1 fully saturated rings. The molecule has 1 saturated heterocycles. The van der Waals surface area contributed by atoms with E-state index in [1.807, 2.05) is 0 Å². The molecule has 1 aliphatic rings. The maximum atomic E-state index is 12.6. The largest absolute Gasteiger partial charge is 0.312 e. The molecule has 1 amide bonds. The quantitative estimate of drug-likeness (QED) is 0.638. The predicted octanol–water partition coefficient (Wildman–Crippen LogP) is 2.91. The number of amides is 1. The van der Waals surface area contributed by atoms with Crippen LogP contribution in [-0.2, 0) is 14.8 Å². The van der Waals surface area contributed by atoms with Gasteiger partial charge in [0, 0.05) is 24.7 Å². The summed E-state index contributed by atoms with van der Waals surface area (Å²) >= 11 is 0. The summed E-state index contributed by atoms with van der Waals surface area (Å²) in [6.45, 7) is 0.583. The molecule has 0 saturated carbocycles. The minimum Gasteiger partial charge on any atom is -0.312 e. The number of nitro benzene ring substituents is 1. The third-order valence-corrected chi connectivity index (χ3v) is 5.51. The average molecular weight is 375 g/mol. The first-order valence-electron chi connectivity index (χ1n) is 8.05. The summed E-state index contributed by atoms with van der Waals surface area (Å²) in [6.07, 6.45) is 2.20. The number of carbonyl (C=O) groups excluding carboxylic acids is 1. The van der Waals surface area contributed by atoms with Gasteiger partial charge in [-0.3, -0.25) is 19.6 Å². The molecule has 2 aromatic rings. The Morgan fingerprint density at radius 2 is 1.85 bits per heavy atom. The summed E-state index contributed by atoms with van der Waals surface area (Å²) in [5.41, 5.74) is 0.332. The van der Waals surface area contributed by atoms with Gasteiger partial charge in [-0.2, -0.15) is 0 Å². The molecule has 2 aromatic carbocycles. The average Bonchev–Trinajstić information content (AvgIpc) is 2.62. The Kier molecular flexibility index (Phi) is 4.90. The molecule has 26 heavy (non-hydrogen) atoms. The van der Waals surface area contributed by atoms with Gasteiger partial charge in [0.25, 0.3) is 15.7 Å². The van der Waals surface area contributed by atoms with Crippen LogP contribution >= 0.6 is 0 Å². The summed E-state index contributed by atoms with van der Waals surface area (Å²) in [6, 6.07) is 11.6. The number of sulfonamides is 1. The van der Waals surface area contributed by atoms with Gasteiger partial charge in [0.1, 0.15) is 0 Å². The van der Waals surface area contributed by atoms with Crippen molar-refractivity contribution < 1.29 is 18.1 Å². The standard InChI is InChI=1S/C17H17N3O5S/c21-17-10-3-4-11-19(17)14-7-5-6-13(12-14)18-26(24,25)16-9-2-1-8-15(16)20(22)23/h1-2,5-9,12,18H,3-4,10-11H2. The van der Waals surface area contributed by atoms with Crippen LogP contribution in [0.25, 0.3) is 0 Å². The number of nitrogens with zero attached hydrogens (tertiary/aromatic N) is 2. The third-order valence-electron chi connectivity index (χ3n) is 4.08. The second kappa shape index (κ2) is 7.12. The molecular weight excluding hydrogens is 358 g/mol. The smallest absolute Gasteiger partial charge is 0.289 e.